The molecule has 5 N–H and O–H groups in total. The quantitative estimate of drug-likeness (QED) is 0.337. The van der Waals surface area contributed by atoms with Crippen LogP contribution in [0, 0.1) is 16.7 Å². The van der Waals surface area contributed by atoms with Gasteiger partial charge in [0.2, 0.25) is 0 Å². The number of anilines is 1. The molecule has 0 amide bonds. The molecule has 186 valence electrons. The van der Waals surface area contributed by atoms with Crippen LogP contribution in [-0.4, -0.2) is 15.7 Å². The van der Waals surface area contributed by atoms with Crippen LogP contribution in [-0.2, 0) is 6.42 Å². The van der Waals surface area contributed by atoms with Crippen LogP contribution in [0.25, 0.3) is 5.57 Å². The standard InChI is InChI=1S/C31H37N5/c1-3-4-11-23-20(2)9-5-7-13-25(23)27(32)28-30(34)36-26(19-35-28)21-14-16-31(17-15-21)18-22-10-6-8-12-24(22)29(31)33/h3-4,6,8,10-12,14,19,25,29,32H,1,5,7,9,13,15-18,33H2,2H3,(H2,34,36)/b11-4-,32-27?/t25?,29-,31+/m1/s1. The summed E-state index contributed by atoms with van der Waals surface area (Å²) in [5.74, 6) is 0.322. The number of allylic oxidation sites excluding steroid dienone is 7. The Kier molecular flexibility index (Phi) is 6.76. The summed E-state index contributed by atoms with van der Waals surface area (Å²) >= 11 is 0. The van der Waals surface area contributed by atoms with Crippen molar-refractivity contribution in [1.29, 1.82) is 5.41 Å². The Bertz CT molecular complexity index is 1280. The summed E-state index contributed by atoms with van der Waals surface area (Å²) in [5.41, 5.74) is 21.4. The fourth-order valence-corrected chi connectivity index (χ4v) is 6.40. The topological polar surface area (TPSA) is 102 Å². The van der Waals surface area contributed by atoms with E-state index in [1.54, 1.807) is 12.3 Å². The molecule has 2 aromatic rings. The third-order valence-electron chi connectivity index (χ3n) is 8.55. The van der Waals surface area contributed by atoms with Gasteiger partial charge in [-0.15, -0.1) is 0 Å². The Balaban J connectivity index is 1.36. The lowest BCUT2D eigenvalue weighted by Crippen LogP contribution is -2.33. The van der Waals surface area contributed by atoms with Gasteiger partial charge in [0.25, 0.3) is 0 Å². The molecule has 0 bridgehead atoms. The van der Waals surface area contributed by atoms with Gasteiger partial charge in [-0.25, -0.2) is 9.97 Å². The largest absolute Gasteiger partial charge is 0.382 e. The monoisotopic (exact) mass is 479 g/mol. The van der Waals surface area contributed by atoms with Crippen molar-refractivity contribution in [1.82, 2.24) is 9.97 Å². The molecule has 3 aliphatic rings. The van der Waals surface area contributed by atoms with Crippen LogP contribution in [0.1, 0.15) is 80.4 Å². The first-order chi connectivity index (χ1) is 17.4. The van der Waals surface area contributed by atoms with E-state index in [1.807, 2.05) is 6.08 Å². The normalized spacial score (nSPS) is 26.1. The summed E-state index contributed by atoms with van der Waals surface area (Å²) in [6.45, 7) is 5.98. The smallest absolute Gasteiger partial charge is 0.152 e. The number of hydrogen-bond acceptors (Lipinski definition) is 5. The van der Waals surface area contributed by atoms with Crippen molar-refractivity contribution in [2.24, 2.45) is 17.1 Å². The highest BCUT2D eigenvalue weighted by molar-refractivity contribution is 6.03. The average molecular weight is 480 g/mol. The maximum absolute atomic E-state index is 9.02. The predicted octanol–water partition coefficient (Wildman–Crippen LogP) is 6.49. The number of fused-ring (bicyclic) bond motifs is 1. The maximum Gasteiger partial charge on any atom is 0.152 e. The molecular formula is C31H37N5. The zero-order chi connectivity index (χ0) is 25.3. The molecule has 36 heavy (non-hydrogen) atoms. The SMILES string of the molecule is C=C/C=C\C1=C(C)CCCCC1C(=N)c1ncc(C2=CC[C@]3(CC2)Cc2ccccc2[C@H]3N)nc1N. The zero-order valence-corrected chi connectivity index (χ0v) is 21.3. The van der Waals surface area contributed by atoms with Crippen molar-refractivity contribution < 1.29 is 0 Å². The summed E-state index contributed by atoms with van der Waals surface area (Å²) in [5, 5.41) is 9.02. The number of nitrogens with two attached hydrogens (primary N) is 2. The van der Waals surface area contributed by atoms with Crippen molar-refractivity contribution in [3.63, 3.8) is 0 Å². The number of nitrogen functional groups attached to an aromatic ring is 1. The predicted molar refractivity (Wildman–Crippen MR) is 149 cm³/mol. The second-order valence-corrected chi connectivity index (χ2v) is 10.7. The van der Waals surface area contributed by atoms with E-state index >= 15 is 0 Å². The second-order valence-electron chi connectivity index (χ2n) is 10.7. The molecule has 1 spiro atoms. The average Bonchev–Trinajstić information content (AvgIpc) is 3.02. The summed E-state index contributed by atoms with van der Waals surface area (Å²) in [4.78, 5) is 9.43. The van der Waals surface area contributed by atoms with Gasteiger partial charge in [-0.05, 0) is 79.6 Å². The summed E-state index contributed by atoms with van der Waals surface area (Å²) < 4.78 is 0. The van der Waals surface area contributed by atoms with E-state index in [1.165, 1.54) is 27.8 Å². The maximum atomic E-state index is 9.02. The van der Waals surface area contributed by atoms with Crippen LogP contribution in [0.3, 0.4) is 0 Å². The van der Waals surface area contributed by atoms with Crippen molar-refractivity contribution in [3.8, 4) is 0 Å². The third-order valence-corrected chi connectivity index (χ3v) is 8.55. The van der Waals surface area contributed by atoms with E-state index in [0.29, 0.717) is 17.2 Å². The Labute approximate surface area is 214 Å². The molecule has 1 aromatic carbocycles. The fourth-order valence-electron chi connectivity index (χ4n) is 6.40. The molecule has 0 saturated carbocycles. The lowest BCUT2D eigenvalue weighted by molar-refractivity contribution is 0.224. The Morgan fingerprint density at radius 1 is 1.22 bits per heavy atom. The number of benzene rings is 1. The van der Waals surface area contributed by atoms with Crippen LogP contribution in [0.2, 0.25) is 0 Å². The second kappa shape index (κ2) is 9.98. The minimum atomic E-state index is -0.0228. The molecule has 0 fully saturated rings. The molecular weight excluding hydrogens is 442 g/mol. The number of rotatable bonds is 5. The van der Waals surface area contributed by atoms with Crippen LogP contribution in [0.15, 0.2) is 72.5 Å². The van der Waals surface area contributed by atoms with Crippen molar-refractivity contribution in [2.45, 2.75) is 64.3 Å². The molecule has 5 rings (SSSR count). The Morgan fingerprint density at radius 3 is 2.78 bits per heavy atom. The van der Waals surface area contributed by atoms with Crippen LogP contribution >= 0.6 is 0 Å². The third kappa shape index (κ3) is 4.37. The molecule has 0 radical (unpaired) electrons. The lowest BCUT2D eigenvalue weighted by atomic mass is 9.70. The zero-order valence-electron chi connectivity index (χ0n) is 21.3. The van der Waals surface area contributed by atoms with Gasteiger partial charge in [0.1, 0.15) is 5.69 Å². The van der Waals surface area contributed by atoms with Crippen molar-refractivity contribution in [3.05, 3.63) is 95.0 Å². The minimum Gasteiger partial charge on any atom is -0.382 e. The first-order valence-corrected chi connectivity index (χ1v) is 13.2. The van der Waals surface area contributed by atoms with Gasteiger partial charge >= 0.3 is 0 Å². The minimum absolute atomic E-state index is 0.0228. The van der Waals surface area contributed by atoms with Gasteiger partial charge < -0.3 is 16.9 Å². The summed E-state index contributed by atoms with van der Waals surface area (Å²) in [7, 11) is 0. The van der Waals surface area contributed by atoms with Gasteiger partial charge in [0.05, 0.1) is 17.6 Å². The lowest BCUT2D eigenvalue weighted by Gasteiger charge is -2.36. The first kappa shape index (κ1) is 24.4. The molecule has 3 aliphatic carbocycles. The first-order valence-electron chi connectivity index (χ1n) is 13.2. The molecule has 0 aliphatic heterocycles. The number of hydrogen-bond donors (Lipinski definition) is 3. The van der Waals surface area contributed by atoms with Gasteiger partial charge in [-0.1, -0.05) is 67.1 Å². The fraction of sp³-hybridized carbons (Fsp3) is 0.387. The molecule has 1 aromatic heterocycles. The molecule has 1 unspecified atom stereocenters. The highest BCUT2D eigenvalue weighted by Gasteiger charge is 2.44. The van der Waals surface area contributed by atoms with Crippen LogP contribution in [0.4, 0.5) is 5.82 Å². The highest BCUT2D eigenvalue weighted by atomic mass is 14.9. The molecule has 3 atom stereocenters. The van der Waals surface area contributed by atoms with Gasteiger partial charge in [-0.3, -0.25) is 0 Å². The summed E-state index contributed by atoms with van der Waals surface area (Å²) in [6.07, 6.45) is 18.1. The van der Waals surface area contributed by atoms with Gasteiger partial charge in [0.15, 0.2) is 5.82 Å². The Morgan fingerprint density at radius 2 is 2.06 bits per heavy atom. The van der Waals surface area contributed by atoms with E-state index in [9.17, 15) is 0 Å². The van der Waals surface area contributed by atoms with E-state index in [4.69, 9.17) is 26.8 Å². The number of aromatic nitrogens is 2. The van der Waals surface area contributed by atoms with E-state index < -0.39 is 0 Å². The van der Waals surface area contributed by atoms with Gasteiger partial charge in [-0.2, -0.15) is 0 Å². The highest BCUT2D eigenvalue weighted by Crippen LogP contribution is 2.53. The molecule has 0 saturated heterocycles. The number of nitrogens with one attached hydrogen (secondary N) is 1. The van der Waals surface area contributed by atoms with Crippen LogP contribution < -0.4 is 11.5 Å². The number of nitrogens with zero attached hydrogens (tertiary/aromatic N) is 2. The van der Waals surface area contributed by atoms with Gasteiger partial charge in [0, 0.05) is 12.0 Å². The van der Waals surface area contributed by atoms with Crippen LogP contribution in [0.5, 0.6) is 0 Å². The van der Waals surface area contributed by atoms with E-state index in [-0.39, 0.29) is 17.4 Å². The van der Waals surface area contributed by atoms with E-state index in [0.717, 1.165) is 57.1 Å². The molecule has 1 heterocycles. The van der Waals surface area contributed by atoms with Crippen molar-refractivity contribution in [2.75, 3.05) is 5.73 Å². The molecule has 5 heteroatoms. The summed E-state index contributed by atoms with van der Waals surface area (Å²) in [6, 6.07) is 8.66. The van der Waals surface area contributed by atoms with Crippen molar-refractivity contribution >= 4 is 17.1 Å². The Hall–Kier alpha value is -3.31. The molecule has 5 nitrogen and oxygen atoms in total. The van der Waals surface area contributed by atoms with E-state index in [2.05, 4.69) is 49.9 Å².